The second-order valence-corrected chi connectivity index (χ2v) is 8.90. The third kappa shape index (κ3) is 4.74. The molecule has 7 heteroatoms. The lowest BCUT2D eigenvalue weighted by Crippen LogP contribution is -2.33. The lowest BCUT2D eigenvalue weighted by atomic mass is 10.2. The fourth-order valence-electron chi connectivity index (χ4n) is 3.17. The second-order valence-electron chi connectivity index (χ2n) is 7.07. The van der Waals surface area contributed by atoms with Crippen molar-refractivity contribution in [2.24, 2.45) is 0 Å². The van der Waals surface area contributed by atoms with Crippen molar-refractivity contribution in [1.82, 2.24) is 9.88 Å². The van der Waals surface area contributed by atoms with Crippen molar-refractivity contribution in [1.29, 1.82) is 0 Å². The highest BCUT2D eigenvalue weighted by Gasteiger charge is 2.24. The summed E-state index contributed by atoms with van der Waals surface area (Å²) in [4.78, 5) is 23.3. The third-order valence-electron chi connectivity index (χ3n) is 4.71. The first-order chi connectivity index (χ1) is 14.0. The summed E-state index contributed by atoms with van der Waals surface area (Å²) in [5, 5.41) is 0.715. The number of methoxy groups -OCH3 is 1. The third-order valence-corrected chi connectivity index (χ3v) is 6.72. The van der Waals surface area contributed by atoms with E-state index in [4.69, 9.17) is 9.72 Å². The molecule has 1 aromatic heterocycles. The number of fused-ring (bicyclic) bond motifs is 1. The molecular weight excluding hydrogens is 402 g/mol. The number of aromatic nitrogens is 1. The lowest BCUT2D eigenvalue weighted by molar-refractivity contribution is 0.0983. The predicted octanol–water partition coefficient (Wildman–Crippen LogP) is 4.93. The van der Waals surface area contributed by atoms with Crippen molar-refractivity contribution >= 4 is 44.4 Å². The molecule has 0 spiro atoms. The first kappa shape index (κ1) is 21.6. The number of amides is 1. The molecule has 154 valence electrons. The number of carbonyl (C=O) groups is 1. The van der Waals surface area contributed by atoms with Crippen molar-refractivity contribution in [2.75, 3.05) is 45.5 Å². The number of thioether (sulfide) groups is 1. The van der Waals surface area contributed by atoms with E-state index in [-0.39, 0.29) is 5.91 Å². The maximum atomic E-state index is 13.6. The molecule has 0 saturated heterocycles. The van der Waals surface area contributed by atoms with E-state index in [0.717, 1.165) is 39.4 Å². The summed E-state index contributed by atoms with van der Waals surface area (Å²) in [5.41, 5.74) is 2.67. The molecule has 0 aliphatic rings. The van der Waals surface area contributed by atoms with E-state index >= 15 is 0 Å². The van der Waals surface area contributed by atoms with E-state index in [0.29, 0.717) is 17.2 Å². The molecule has 29 heavy (non-hydrogen) atoms. The minimum Gasteiger partial charge on any atom is -0.494 e. The molecule has 0 N–H and O–H groups in total. The fraction of sp³-hybridized carbons (Fsp3) is 0.364. The lowest BCUT2D eigenvalue weighted by Gasteiger charge is -2.22. The van der Waals surface area contributed by atoms with Gasteiger partial charge < -0.3 is 9.64 Å². The number of ether oxygens (including phenoxy) is 1. The quantitative estimate of drug-likeness (QED) is 0.475. The minimum absolute atomic E-state index is 0.00983. The Morgan fingerprint density at radius 3 is 2.62 bits per heavy atom. The Kier molecular flexibility index (Phi) is 7.16. The Labute approximate surface area is 180 Å². The first-order valence-electron chi connectivity index (χ1n) is 9.50. The van der Waals surface area contributed by atoms with Gasteiger partial charge in [-0.15, -0.1) is 11.8 Å². The molecule has 0 unspecified atom stereocenters. The molecule has 0 aliphatic carbocycles. The van der Waals surface area contributed by atoms with Gasteiger partial charge in [0.05, 0.1) is 17.4 Å². The van der Waals surface area contributed by atoms with Crippen LogP contribution in [0.15, 0.2) is 41.3 Å². The summed E-state index contributed by atoms with van der Waals surface area (Å²) < 4.78 is 6.56. The Balaban J connectivity index is 2.04. The van der Waals surface area contributed by atoms with Crippen molar-refractivity contribution < 1.29 is 9.53 Å². The monoisotopic (exact) mass is 429 g/mol. The van der Waals surface area contributed by atoms with Gasteiger partial charge in [0.1, 0.15) is 11.3 Å². The van der Waals surface area contributed by atoms with Gasteiger partial charge in [-0.3, -0.25) is 9.69 Å². The molecule has 0 aliphatic heterocycles. The fourth-order valence-corrected chi connectivity index (χ4v) is 4.84. The molecule has 3 rings (SSSR count). The molecule has 2 aromatic carbocycles. The average Bonchev–Trinajstić information content (AvgIpc) is 3.17. The zero-order chi connectivity index (χ0) is 21.0. The van der Waals surface area contributed by atoms with Gasteiger partial charge in [0, 0.05) is 11.4 Å². The number of hydrogen-bond acceptors (Lipinski definition) is 6. The molecule has 0 bridgehead atoms. The first-order valence-corrected chi connectivity index (χ1v) is 11.5. The Morgan fingerprint density at radius 1 is 1.17 bits per heavy atom. The van der Waals surface area contributed by atoms with E-state index in [1.807, 2.05) is 61.6 Å². The van der Waals surface area contributed by atoms with Gasteiger partial charge in [-0.25, -0.2) is 4.98 Å². The highest BCUT2D eigenvalue weighted by Crippen LogP contribution is 2.37. The number of anilines is 1. The van der Waals surface area contributed by atoms with Gasteiger partial charge in [0.15, 0.2) is 5.13 Å². The van der Waals surface area contributed by atoms with Crippen molar-refractivity contribution in [3.8, 4) is 5.75 Å². The number of thiazole rings is 1. The summed E-state index contributed by atoms with van der Waals surface area (Å²) in [5.74, 6) is 0.725. The van der Waals surface area contributed by atoms with Gasteiger partial charge in [-0.1, -0.05) is 29.5 Å². The van der Waals surface area contributed by atoms with Crippen LogP contribution in [-0.2, 0) is 0 Å². The van der Waals surface area contributed by atoms with Crippen LogP contribution >= 0.6 is 23.1 Å². The van der Waals surface area contributed by atoms with Crippen LogP contribution in [0.3, 0.4) is 0 Å². The largest absolute Gasteiger partial charge is 0.494 e. The van der Waals surface area contributed by atoms with Gasteiger partial charge in [0.25, 0.3) is 5.91 Å². The number of aryl methyl sites for hydroxylation is 1. The molecule has 5 nitrogen and oxygen atoms in total. The average molecular weight is 430 g/mol. The van der Waals surface area contributed by atoms with Crippen LogP contribution in [-0.4, -0.2) is 56.3 Å². The van der Waals surface area contributed by atoms with E-state index in [2.05, 4.69) is 11.8 Å². The van der Waals surface area contributed by atoms with Crippen molar-refractivity contribution in [3.63, 3.8) is 0 Å². The number of hydrogen-bond donors (Lipinski definition) is 0. The van der Waals surface area contributed by atoms with Gasteiger partial charge in [0.2, 0.25) is 0 Å². The van der Waals surface area contributed by atoms with Crippen LogP contribution in [0.4, 0.5) is 5.13 Å². The standard InChI is InChI=1S/C22H27N3O2S2/c1-15-11-12-17(27-4)19-20(15)29-22(23-19)25(14-8-13-24(2)3)21(26)16-9-6-7-10-18(16)28-5/h6-7,9-12H,8,13-14H2,1-5H3. The number of benzene rings is 2. The molecule has 3 aromatic rings. The van der Waals surface area contributed by atoms with Crippen LogP contribution < -0.4 is 9.64 Å². The normalized spacial score (nSPS) is 11.2. The Hall–Kier alpha value is -2.09. The van der Waals surface area contributed by atoms with Gasteiger partial charge in [-0.05, 0) is 64.0 Å². The summed E-state index contributed by atoms with van der Waals surface area (Å²) in [6, 6.07) is 11.7. The van der Waals surface area contributed by atoms with Crippen LogP contribution in [0.1, 0.15) is 22.3 Å². The highest BCUT2D eigenvalue weighted by molar-refractivity contribution is 7.98. The van der Waals surface area contributed by atoms with E-state index in [1.165, 1.54) is 0 Å². The van der Waals surface area contributed by atoms with Crippen LogP contribution in [0, 0.1) is 6.92 Å². The molecule has 1 heterocycles. The number of carbonyl (C=O) groups excluding carboxylic acids is 1. The smallest absolute Gasteiger partial charge is 0.261 e. The topological polar surface area (TPSA) is 45.7 Å². The van der Waals surface area contributed by atoms with Crippen LogP contribution in [0.2, 0.25) is 0 Å². The maximum Gasteiger partial charge on any atom is 0.261 e. The number of nitrogens with zero attached hydrogens (tertiary/aromatic N) is 3. The molecule has 0 fully saturated rings. The SMILES string of the molecule is COc1ccc(C)c2sc(N(CCCN(C)C)C(=O)c3ccccc3SC)nc12. The Bertz CT molecular complexity index is 1000. The molecule has 1 amide bonds. The van der Waals surface area contributed by atoms with Crippen molar-refractivity contribution in [3.05, 3.63) is 47.5 Å². The van der Waals surface area contributed by atoms with E-state index < -0.39 is 0 Å². The predicted molar refractivity (Wildman–Crippen MR) is 124 cm³/mol. The van der Waals surface area contributed by atoms with Gasteiger partial charge >= 0.3 is 0 Å². The summed E-state index contributed by atoms with van der Waals surface area (Å²) in [6.45, 7) is 3.58. The molecule has 0 saturated carbocycles. The summed E-state index contributed by atoms with van der Waals surface area (Å²) in [7, 11) is 5.74. The molecule has 0 radical (unpaired) electrons. The Morgan fingerprint density at radius 2 is 1.93 bits per heavy atom. The van der Waals surface area contributed by atoms with E-state index in [1.54, 1.807) is 30.2 Å². The number of rotatable bonds is 8. The zero-order valence-corrected chi connectivity index (χ0v) is 19.2. The molecular formula is C22H27N3O2S2. The van der Waals surface area contributed by atoms with Crippen molar-refractivity contribution in [2.45, 2.75) is 18.2 Å². The van der Waals surface area contributed by atoms with Crippen LogP contribution in [0.5, 0.6) is 5.75 Å². The maximum absolute atomic E-state index is 13.6. The zero-order valence-electron chi connectivity index (χ0n) is 17.6. The van der Waals surface area contributed by atoms with Crippen LogP contribution in [0.25, 0.3) is 10.2 Å². The highest BCUT2D eigenvalue weighted by atomic mass is 32.2. The minimum atomic E-state index is -0.00983. The second kappa shape index (κ2) is 9.61. The van der Waals surface area contributed by atoms with Gasteiger partial charge in [-0.2, -0.15) is 0 Å². The van der Waals surface area contributed by atoms with E-state index in [9.17, 15) is 4.79 Å². The molecule has 0 atom stereocenters. The summed E-state index contributed by atoms with van der Waals surface area (Å²) >= 11 is 3.14. The summed E-state index contributed by atoms with van der Waals surface area (Å²) in [6.07, 6.45) is 2.86.